The zero-order valence-corrected chi connectivity index (χ0v) is 13.2. The van der Waals surface area contributed by atoms with Gasteiger partial charge in [-0.25, -0.2) is 0 Å². The summed E-state index contributed by atoms with van der Waals surface area (Å²) in [5.41, 5.74) is 1.81. The van der Waals surface area contributed by atoms with E-state index in [4.69, 9.17) is 23.2 Å². The van der Waals surface area contributed by atoms with Crippen molar-refractivity contribution in [3.63, 3.8) is 0 Å². The molecule has 1 atom stereocenters. The highest BCUT2D eigenvalue weighted by atomic mass is 35.5. The molecule has 1 saturated carbocycles. The van der Waals surface area contributed by atoms with E-state index in [9.17, 15) is 0 Å². The van der Waals surface area contributed by atoms with Crippen molar-refractivity contribution in [2.45, 2.75) is 33.7 Å². The summed E-state index contributed by atoms with van der Waals surface area (Å²) in [6, 6.07) is 2.29. The van der Waals surface area contributed by atoms with Crippen molar-refractivity contribution in [1.29, 1.82) is 0 Å². The maximum atomic E-state index is 6.27. The maximum absolute atomic E-state index is 6.27. The summed E-state index contributed by atoms with van der Waals surface area (Å²) in [6.45, 7) is 9.29. The second kappa shape index (κ2) is 4.12. The molecule has 1 unspecified atom stereocenters. The summed E-state index contributed by atoms with van der Waals surface area (Å²) >= 11 is 13.8. The van der Waals surface area contributed by atoms with E-state index in [-0.39, 0.29) is 6.04 Å². The molecule has 1 aliphatic rings. The van der Waals surface area contributed by atoms with Crippen LogP contribution in [0.25, 0.3) is 0 Å². The molecule has 0 saturated heterocycles. The van der Waals surface area contributed by atoms with Crippen LogP contribution in [0.5, 0.6) is 0 Å². The highest BCUT2D eigenvalue weighted by Gasteiger charge is 2.67. The molecule has 1 heterocycles. The van der Waals surface area contributed by atoms with Gasteiger partial charge in [0.2, 0.25) is 0 Å². The van der Waals surface area contributed by atoms with Gasteiger partial charge in [0.05, 0.1) is 8.67 Å². The molecule has 0 aliphatic heterocycles. The molecule has 0 bridgehead atoms. The van der Waals surface area contributed by atoms with Crippen LogP contribution >= 0.6 is 34.5 Å². The molecule has 0 amide bonds. The smallest absolute Gasteiger partial charge is 0.0992 e. The van der Waals surface area contributed by atoms with Crippen molar-refractivity contribution < 1.29 is 0 Å². The fraction of sp³-hybridized carbons (Fsp3) is 0.692. The summed E-state index contributed by atoms with van der Waals surface area (Å²) in [5.74, 6) is 0.586. The maximum Gasteiger partial charge on any atom is 0.0992 e. The molecule has 17 heavy (non-hydrogen) atoms. The molecule has 2 rings (SSSR count). The van der Waals surface area contributed by atoms with Crippen LogP contribution in [0.15, 0.2) is 6.07 Å². The Morgan fingerprint density at radius 2 is 1.76 bits per heavy atom. The van der Waals surface area contributed by atoms with Gasteiger partial charge in [-0.15, -0.1) is 11.3 Å². The number of thiophene rings is 1. The van der Waals surface area contributed by atoms with Crippen LogP contribution in [0.3, 0.4) is 0 Å². The minimum Gasteiger partial charge on any atom is -0.313 e. The number of rotatable bonds is 3. The van der Waals surface area contributed by atoms with Crippen LogP contribution < -0.4 is 5.32 Å². The van der Waals surface area contributed by atoms with Crippen LogP contribution in [0.4, 0.5) is 0 Å². The second-order valence-electron chi connectivity index (χ2n) is 5.97. The van der Waals surface area contributed by atoms with Gasteiger partial charge < -0.3 is 5.32 Å². The highest BCUT2D eigenvalue weighted by Crippen LogP contribution is 2.72. The normalized spacial score (nSPS) is 23.7. The van der Waals surface area contributed by atoms with Crippen molar-refractivity contribution in [3.05, 3.63) is 20.3 Å². The summed E-state index contributed by atoms with van der Waals surface area (Å²) < 4.78 is 1.58. The van der Waals surface area contributed by atoms with Crippen LogP contribution in [-0.2, 0) is 0 Å². The van der Waals surface area contributed by atoms with Crippen LogP contribution in [-0.4, -0.2) is 7.05 Å². The molecule has 1 fully saturated rings. The van der Waals surface area contributed by atoms with Crippen molar-refractivity contribution in [2.24, 2.45) is 16.7 Å². The van der Waals surface area contributed by atoms with Crippen LogP contribution in [0.2, 0.25) is 8.67 Å². The number of halogens is 2. The van der Waals surface area contributed by atoms with Crippen molar-refractivity contribution in [3.8, 4) is 0 Å². The second-order valence-corrected chi connectivity index (χ2v) is 8.25. The Morgan fingerprint density at radius 3 is 2.06 bits per heavy atom. The fourth-order valence-electron chi connectivity index (χ4n) is 3.15. The van der Waals surface area contributed by atoms with Gasteiger partial charge in [0.15, 0.2) is 0 Å². The molecular weight excluding hydrogens is 273 g/mol. The lowest BCUT2D eigenvalue weighted by Crippen LogP contribution is -2.21. The first-order valence-electron chi connectivity index (χ1n) is 5.85. The van der Waals surface area contributed by atoms with Crippen molar-refractivity contribution >= 4 is 34.5 Å². The summed E-state index contributed by atoms with van der Waals surface area (Å²) in [7, 11) is 2.00. The van der Waals surface area contributed by atoms with E-state index in [1.165, 1.54) is 11.3 Å². The average molecular weight is 292 g/mol. The van der Waals surface area contributed by atoms with Gasteiger partial charge in [0, 0.05) is 11.6 Å². The third-order valence-electron chi connectivity index (χ3n) is 4.79. The standard InChI is InChI=1S/C13H19Cl2NS/c1-12(2)10(13(12,3)4)9(16-5)7-6-8(14)17-11(7)15/h6,9-10,16H,1-5H3. The van der Waals surface area contributed by atoms with E-state index in [2.05, 4.69) is 33.0 Å². The zero-order valence-electron chi connectivity index (χ0n) is 10.9. The van der Waals surface area contributed by atoms with E-state index < -0.39 is 0 Å². The molecule has 1 N–H and O–H groups in total. The van der Waals surface area contributed by atoms with Crippen LogP contribution in [0.1, 0.15) is 39.3 Å². The van der Waals surface area contributed by atoms with Gasteiger partial charge in [-0.05, 0) is 29.9 Å². The Hall–Kier alpha value is 0.240. The molecule has 1 aromatic heterocycles. The Balaban J connectivity index is 2.34. The van der Waals surface area contributed by atoms with E-state index in [0.29, 0.717) is 16.7 Å². The minimum absolute atomic E-state index is 0.288. The molecule has 1 aromatic rings. The van der Waals surface area contributed by atoms with Gasteiger partial charge in [-0.3, -0.25) is 0 Å². The summed E-state index contributed by atoms with van der Waals surface area (Å²) in [6.07, 6.45) is 0. The van der Waals surface area contributed by atoms with Crippen LogP contribution in [0, 0.1) is 16.7 Å². The average Bonchev–Trinajstić information content (AvgIpc) is 2.50. The Labute approximate surface area is 118 Å². The molecule has 4 heteroatoms. The summed E-state index contributed by atoms with van der Waals surface area (Å²) in [5, 5.41) is 3.41. The van der Waals surface area contributed by atoms with Gasteiger partial charge in [0.1, 0.15) is 0 Å². The molecule has 0 aromatic carbocycles. The number of hydrogen-bond donors (Lipinski definition) is 1. The third-order valence-corrected chi connectivity index (χ3v) is 6.31. The lowest BCUT2D eigenvalue weighted by atomic mass is 9.99. The van der Waals surface area contributed by atoms with Gasteiger partial charge >= 0.3 is 0 Å². The molecular formula is C13H19Cl2NS. The zero-order chi connectivity index (χ0) is 13.0. The first kappa shape index (κ1) is 13.7. The molecule has 96 valence electrons. The Morgan fingerprint density at radius 1 is 1.24 bits per heavy atom. The van der Waals surface area contributed by atoms with Crippen molar-refractivity contribution in [2.75, 3.05) is 7.05 Å². The van der Waals surface area contributed by atoms with Gasteiger partial charge in [0.25, 0.3) is 0 Å². The monoisotopic (exact) mass is 291 g/mol. The SMILES string of the molecule is CNC(c1cc(Cl)sc1Cl)C1C(C)(C)C1(C)C. The molecule has 1 nitrogen and oxygen atoms in total. The van der Waals surface area contributed by atoms with E-state index in [0.717, 1.165) is 14.2 Å². The number of hydrogen-bond acceptors (Lipinski definition) is 2. The van der Waals surface area contributed by atoms with Crippen molar-refractivity contribution in [1.82, 2.24) is 5.32 Å². The fourth-order valence-corrected chi connectivity index (χ4v) is 4.70. The minimum atomic E-state index is 0.288. The molecule has 0 radical (unpaired) electrons. The highest BCUT2D eigenvalue weighted by molar-refractivity contribution is 7.20. The van der Waals surface area contributed by atoms with E-state index in [1.807, 2.05) is 13.1 Å². The molecule has 0 spiro atoms. The van der Waals surface area contributed by atoms with E-state index in [1.54, 1.807) is 0 Å². The first-order valence-corrected chi connectivity index (χ1v) is 7.42. The topological polar surface area (TPSA) is 12.0 Å². The van der Waals surface area contributed by atoms with Gasteiger partial charge in [-0.1, -0.05) is 50.9 Å². The lowest BCUT2D eigenvalue weighted by molar-refractivity contribution is 0.439. The third kappa shape index (κ3) is 1.94. The lowest BCUT2D eigenvalue weighted by Gasteiger charge is -2.18. The first-order chi connectivity index (χ1) is 7.73. The summed E-state index contributed by atoms with van der Waals surface area (Å²) in [4.78, 5) is 0. The van der Waals surface area contributed by atoms with E-state index >= 15 is 0 Å². The molecule has 1 aliphatic carbocycles. The number of nitrogens with one attached hydrogen (secondary N) is 1. The Bertz CT molecular complexity index is 423. The quantitative estimate of drug-likeness (QED) is 0.827. The predicted molar refractivity (Wildman–Crippen MR) is 77.2 cm³/mol. The van der Waals surface area contributed by atoms with Gasteiger partial charge in [-0.2, -0.15) is 0 Å². The Kier molecular flexibility index (Phi) is 3.32. The largest absolute Gasteiger partial charge is 0.313 e. The predicted octanol–water partition coefficient (Wildman–Crippen LogP) is 5.00.